The van der Waals surface area contributed by atoms with Crippen molar-refractivity contribution in [3.05, 3.63) is 40.1 Å². The Hall–Kier alpha value is -1.79. The van der Waals surface area contributed by atoms with Crippen LogP contribution in [0.1, 0.15) is 27.6 Å². The summed E-state index contributed by atoms with van der Waals surface area (Å²) in [7, 11) is 0. The number of hydrogen-bond donors (Lipinski definition) is 2. The summed E-state index contributed by atoms with van der Waals surface area (Å²) in [5, 5.41) is 4.80. The molecule has 1 amide bonds. The molecule has 0 unspecified atom stereocenters. The fourth-order valence-electron chi connectivity index (χ4n) is 1.66. The number of aryl methyl sites for hydroxylation is 2. The lowest BCUT2D eigenvalue weighted by atomic mass is 10.2. The van der Waals surface area contributed by atoms with E-state index in [1.165, 1.54) is 0 Å². The largest absolute Gasteiger partial charge is 0.464 e. The van der Waals surface area contributed by atoms with Crippen molar-refractivity contribution in [1.29, 1.82) is 0 Å². The Bertz CT molecular complexity index is 568. The van der Waals surface area contributed by atoms with E-state index in [0.29, 0.717) is 28.7 Å². The van der Waals surface area contributed by atoms with E-state index in [4.69, 9.17) is 21.9 Å². The Balaban J connectivity index is 2.22. The number of nitrogens with one attached hydrogen (secondary N) is 1. The topological polar surface area (TPSA) is 86.1 Å². The molecule has 0 aromatic carbocycles. The lowest BCUT2D eigenvalue weighted by Gasteiger charge is -1.96. The normalized spacial score (nSPS) is 10.7. The second-order valence-electron chi connectivity index (χ2n) is 3.92. The minimum Gasteiger partial charge on any atom is -0.464 e. The molecule has 0 bridgehead atoms. The molecule has 0 saturated heterocycles. The molecule has 0 aliphatic heterocycles. The van der Waals surface area contributed by atoms with Crippen molar-refractivity contribution in [2.75, 3.05) is 0 Å². The van der Waals surface area contributed by atoms with Crippen LogP contribution in [0.15, 0.2) is 16.7 Å². The number of nitrogens with zero attached hydrogens (tertiary/aromatic N) is 2. The summed E-state index contributed by atoms with van der Waals surface area (Å²) in [6, 6.07) is 1.64. The van der Waals surface area contributed by atoms with Gasteiger partial charge in [-0.2, -0.15) is 5.10 Å². The first-order chi connectivity index (χ1) is 8.51. The maximum Gasteiger partial charge on any atom is 0.268 e. The molecule has 2 aromatic rings. The van der Waals surface area contributed by atoms with Crippen molar-refractivity contribution in [1.82, 2.24) is 15.2 Å². The number of carbonyl (C=O) groups is 1. The van der Waals surface area contributed by atoms with Crippen molar-refractivity contribution < 1.29 is 9.21 Å². The van der Waals surface area contributed by atoms with E-state index in [2.05, 4.69) is 10.5 Å². The zero-order chi connectivity index (χ0) is 13.3. The number of carbonyl (C=O) groups excluding carboxylic acids is 1. The maximum absolute atomic E-state index is 11.4. The molecule has 2 heterocycles. The molecule has 6 nitrogen and oxygen atoms in total. The zero-order valence-electron chi connectivity index (χ0n) is 10.0. The minimum atomic E-state index is -0.378. The van der Waals surface area contributed by atoms with E-state index in [0.717, 1.165) is 5.69 Å². The number of rotatable bonds is 3. The second kappa shape index (κ2) is 4.83. The first-order valence-corrected chi connectivity index (χ1v) is 5.69. The molecule has 0 radical (unpaired) electrons. The van der Waals surface area contributed by atoms with Crippen molar-refractivity contribution in [2.45, 2.75) is 20.4 Å². The summed E-state index contributed by atoms with van der Waals surface area (Å²) in [4.78, 5) is 11.4. The molecule has 0 atom stereocenters. The van der Waals surface area contributed by atoms with Crippen molar-refractivity contribution >= 4 is 17.5 Å². The van der Waals surface area contributed by atoms with Crippen LogP contribution in [0.25, 0.3) is 0 Å². The van der Waals surface area contributed by atoms with Gasteiger partial charge in [-0.15, -0.1) is 0 Å². The first kappa shape index (κ1) is 12.7. The minimum absolute atomic E-state index is 0.378. The van der Waals surface area contributed by atoms with Crippen molar-refractivity contribution in [3.8, 4) is 0 Å². The van der Waals surface area contributed by atoms with Gasteiger partial charge in [-0.3, -0.25) is 14.9 Å². The van der Waals surface area contributed by atoms with Gasteiger partial charge in [0, 0.05) is 6.20 Å². The molecule has 0 aliphatic rings. The van der Waals surface area contributed by atoms with E-state index >= 15 is 0 Å². The molecule has 2 rings (SSSR count). The number of halogens is 1. The van der Waals surface area contributed by atoms with Crippen LogP contribution >= 0.6 is 11.6 Å². The highest BCUT2D eigenvalue weighted by Gasteiger charge is 2.14. The molecule has 0 fully saturated rings. The predicted molar refractivity (Wildman–Crippen MR) is 66.2 cm³/mol. The van der Waals surface area contributed by atoms with Crippen LogP contribution < -0.4 is 11.3 Å². The molecule has 0 spiro atoms. The number of hydrazine groups is 1. The van der Waals surface area contributed by atoms with Gasteiger partial charge in [-0.1, -0.05) is 11.6 Å². The average molecular weight is 269 g/mol. The van der Waals surface area contributed by atoms with Gasteiger partial charge in [0.25, 0.3) is 5.91 Å². The van der Waals surface area contributed by atoms with Gasteiger partial charge in [-0.05, 0) is 19.9 Å². The van der Waals surface area contributed by atoms with Crippen LogP contribution in [0.2, 0.25) is 5.02 Å². The molecule has 0 aliphatic carbocycles. The summed E-state index contributed by atoms with van der Waals surface area (Å²) >= 11 is 5.91. The monoisotopic (exact) mass is 268 g/mol. The number of nitrogen functional groups attached to an aromatic ring is 1. The summed E-state index contributed by atoms with van der Waals surface area (Å²) in [6.45, 7) is 3.93. The Morgan fingerprint density at radius 1 is 1.61 bits per heavy atom. The van der Waals surface area contributed by atoms with Gasteiger partial charge >= 0.3 is 0 Å². The standard InChI is InChI=1S/C11H13ClN4O2/c1-6-10(12)5-16(15-6)4-8-3-9(7(2)18-8)11(17)14-13/h3,5H,4,13H2,1-2H3,(H,14,17). The third-order valence-corrected chi connectivity index (χ3v) is 2.92. The van der Waals surface area contributed by atoms with Crippen molar-refractivity contribution in [3.63, 3.8) is 0 Å². The Kier molecular flexibility index (Phi) is 3.40. The van der Waals surface area contributed by atoms with Crippen LogP contribution in [-0.4, -0.2) is 15.7 Å². The number of furan rings is 1. The number of aromatic nitrogens is 2. The van der Waals surface area contributed by atoms with Crippen LogP contribution in [0.3, 0.4) is 0 Å². The molecule has 7 heteroatoms. The van der Waals surface area contributed by atoms with Gasteiger partial charge in [0.1, 0.15) is 11.5 Å². The summed E-state index contributed by atoms with van der Waals surface area (Å²) in [5.41, 5.74) is 3.24. The first-order valence-electron chi connectivity index (χ1n) is 5.31. The van der Waals surface area contributed by atoms with E-state index < -0.39 is 0 Å². The number of nitrogens with two attached hydrogens (primary N) is 1. The average Bonchev–Trinajstić information content (AvgIpc) is 2.82. The third kappa shape index (κ3) is 2.39. The van der Waals surface area contributed by atoms with E-state index in [1.54, 1.807) is 23.9 Å². The maximum atomic E-state index is 11.4. The third-order valence-electron chi connectivity index (χ3n) is 2.55. The van der Waals surface area contributed by atoms with E-state index in [9.17, 15) is 4.79 Å². The van der Waals surface area contributed by atoms with Crippen LogP contribution in [0.5, 0.6) is 0 Å². The second-order valence-corrected chi connectivity index (χ2v) is 4.32. The SMILES string of the molecule is Cc1nn(Cc2cc(C(=O)NN)c(C)o2)cc1Cl. The molecule has 18 heavy (non-hydrogen) atoms. The van der Waals surface area contributed by atoms with Gasteiger partial charge < -0.3 is 4.42 Å². The molecular formula is C11H13ClN4O2. The highest BCUT2D eigenvalue weighted by molar-refractivity contribution is 6.31. The molecular weight excluding hydrogens is 256 g/mol. The lowest BCUT2D eigenvalue weighted by molar-refractivity contribution is 0.0952. The molecule has 2 aromatic heterocycles. The smallest absolute Gasteiger partial charge is 0.268 e. The molecule has 96 valence electrons. The fourth-order valence-corrected chi connectivity index (χ4v) is 1.81. The van der Waals surface area contributed by atoms with Gasteiger partial charge in [-0.25, -0.2) is 5.84 Å². The molecule has 0 saturated carbocycles. The zero-order valence-corrected chi connectivity index (χ0v) is 10.8. The van der Waals surface area contributed by atoms with Crippen LogP contribution in [0, 0.1) is 13.8 Å². The Morgan fingerprint density at radius 2 is 2.33 bits per heavy atom. The fraction of sp³-hybridized carbons (Fsp3) is 0.273. The van der Waals surface area contributed by atoms with Crippen molar-refractivity contribution in [2.24, 2.45) is 5.84 Å². The van der Waals surface area contributed by atoms with E-state index in [1.807, 2.05) is 6.92 Å². The number of amides is 1. The lowest BCUT2D eigenvalue weighted by Crippen LogP contribution is -2.30. The predicted octanol–water partition coefficient (Wildman–Crippen LogP) is 1.40. The van der Waals surface area contributed by atoms with Gasteiger partial charge in [0.15, 0.2) is 0 Å². The summed E-state index contributed by atoms with van der Waals surface area (Å²) in [5.74, 6) is 5.84. The Labute approximate surface area is 109 Å². The quantitative estimate of drug-likeness (QED) is 0.500. The van der Waals surface area contributed by atoms with Gasteiger partial charge in [0.2, 0.25) is 0 Å². The highest BCUT2D eigenvalue weighted by atomic mass is 35.5. The summed E-state index contributed by atoms with van der Waals surface area (Å²) < 4.78 is 7.12. The van der Waals surface area contributed by atoms with Crippen LogP contribution in [-0.2, 0) is 6.54 Å². The Morgan fingerprint density at radius 3 is 2.89 bits per heavy atom. The van der Waals surface area contributed by atoms with Crippen LogP contribution in [0.4, 0.5) is 0 Å². The van der Waals surface area contributed by atoms with E-state index in [-0.39, 0.29) is 5.91 Å². The van der Waals surface area contributed by atoms with Gasteiger partial charge in [0.05, 0.1) is 22.8 Å². The highest BCUT2D eigenvalue weighted by Crippen LogP contribution is 2.17. The molecule has 3 N–H and O–H groups in total. The summed E-state index contributed by atoms with van der Waals surface area (Å²) in [6.07, 6.45) is 1.71. The number of hydrogen-bond acceptors (Lipinski definition) is 4.